The van der Waals surface area contributed by atoms with Crippen molar-refractivity contribution in [2.75, 3.05) is 7.05 Å². The van der Waals surface area contributed by atoms with Crippen molar-refractivity contribution in [2.24, 2.45) is 0 Å². The minimum atomic E-state index is 0.565. The predicted molar refractivity (Wildman–Crippen MR) is 59.9 cm³/mol. The Hall–Kier alpha value is -1.24. The average molecular weight is 187 g/mol. The van der Waals surface area contributed by atoms with Crippen LogP contribution in [0.15, 0.2) is 42.6 Å². The largest absolute Gasteiger partial charge is 0.374 e. The highest BCUT2D eigenvalue weighted by atomic mass is 15.1. The molecule has 0 amide bonds. The van der Waals surface area contributed by atoms with E-state index in [2.05, 4.69) is 54.6 Å². The molecule has 2 rings (SSSR count). The van der Waals surface area contributed by atoms with Crippen molar-refractivity contribution in [3.8, 4) is 0 Å². The highest BCUT2D eigenvalue weighted by molar-refractivity contribution is 5.19. The number of benzene rings is 1. The van der Waals surface area contributed by atoms with E-state index in [1.54, 1.807) is 0 Å². The van der Waals surface area contributed by atoms with Crippen LogP contribution in [0.1, 0.15) is 30.9 Å². The van der Waals surface area contributed by atoms with Crippen molar-refractivity contribution >= 4 is 0 Å². The number of hydrogen-bond acceptors (Lipinski definition) is 1. The molecule has 1 aliphatic rings. The molecular weight excluding hydrogens is 170 g/mol. The summed E-state index contributed by atoms with van der Waals surface area (Å²) in [5.74, 6) is 0. The first kappa shape index (κ1) is 9.32. The van der Waals surface area contributed by atoms with Gasteiger partial charge >= 0.3 is 0 Å². The van der Waals surface area contributed by atoms with E-state index in [1.165, 1.54) is 24.8 Å². The molecule has 14 heavy (non-hydrogen) atoms. The van der Waals surface area contributed by atoms with E-state index in [0.717, 1.165) is 0 Å². The Bertz CT molecular complexity index is 302. The number of allylic oxidation sites excluding steroid dienone is 1. The van der Waals surface area contributed by atoms with Gasteiger partial charge in [0.05, 0.1) is 6.04 Å². The lowest BCUT2D eigenvalue weighted by Gasteiger charge is -2.25. The third-order valence-corrected chi connectivity index (χ3v) is 2.86. The highest BCUT2D eigenvalue weighted by Gasteiger charge is 2.15. The van der Waals surface area contributed by atoms with Crippen LogP contribution in [0.4, 0.5) is 0 Å². The Labute approximate surface area is 86.1 Å². The molecule has 0 N–H and O–H groups in total. The van der Waals surface area contributed by atoms with Crippen LogP contribution in [0.2, 0.25) is 0 Å². The molecule has 0 aliphatic carbocycles. The molecule has 1 aromatic rings. The van der Waals surface area contributed by atoms with Crippen molar-refractivity contribution in [2.45, 2.75) is 25.3 Å². The highest BCUT2D eigenvalue weighted by Crippen LogP contribution is 2.27. The standard InChI is InChI=1S/C13H17N/c1-14-11-7-3-6-10-13(14)12-8-4-2-5-9-12/h2,4-5,7-9,11,13H,3,6,10H2,1H3. The monoisotopic (exact) mass is 187 g/mol. The van der Waals surface area contributed by atoms with E-state index in [-0.39, 0.29) is 0 Å². The molecular formula is C13H17N. The van der Waals surface area contributed by atoms with Gasteiger partial charge in [0.1, 0.15) is 0 Å². The molecule has 0 saturated heterocycles. The molecule has 1 aliphatic heterocycles. The zero-order chi connectivity index (χ0) is 9.80. The second kappa shape index (κ2) is 4.32. The first-order chi connectivity index (χ1) is 6.88. The summed E-state index contributed by atoms with van der Waals surface area (Å²) in [5, 5.41) is 0. The maximum Gasteiger partial charge on any atom is 0.0533 e. The van der Waals surface area contributed by atoms with Gasteiger partial charge in [-0.2, -0.15) is 0 Å². The van der Waals surface area contributed by atoms with Crippen molar-refractivity contribution in [1.82, 2.24) is 4.90 Å². The van der Waals surface area contributed by atoms with Gasteiger partial charge in [-0.3, -0.25) is 0 Å². The smallest absolute Gasteiger partial charge is 0.0533 e. The first-order valence-electron chi connectivity index (χ1n) is 5.31. The molecule has 1 unspecified atom stereocenters. The van der Waals surface area contributed by atoms with Crippen molar-refractivity contribution in [1.29, 1.82) is 0 Å². The lowest BCUT2D eigenvalue weighted by Crippen LogP contribution is -2.17. The van der Waals surface area contributed by atoms with Gasteiger partial charge < -0.3 is 4.90 Å². The van der Waals surface area contributed by atoms with E-state index >= 15 is 0 Å². The van der Waals surface area contributed by atoms with Crippen molar-refractivity contribution < 1.29 is 0 Å². The van der Waals surface area contributed by atoms with Gasteiger partial charge in [-0.15, -0.1) is 0 Å². The van der Waals surface area contributed by atoms with Gasteiger partial charge in [0.2, 0.25) is 0 Å². The van der Waals surface area contributed by atoms with Crippen LogP contribution in [0.25, 0.3) is 0 Å². The molecule has 0 spiro atoms. The van der Waals surface area contributed by atoms with Crippen LogP contribution in [0.3, 0.4) is 0 Å². The Morgan fingerprint density at radius 2 is 2.00 bits per heavy atom. The van der Waals surface area contributed by atoms with Gasteiger partial charge in [-0.1, -0.05) is 36.4 Å². The second-order valence-corrected chi connectivity index (χ2v) is 3.91. The lowest BCUT2D eigenvalue weighted by atomic mass is 10.0. The summed E-state index contributed by atoms with van der Waals surface area (Å²) in [6.45, 7) is 0. The second-order valence-electron chi connectivity index (χ2n) is 3.91. The predicted octanol–water partition coefficient (Wildman–Crippen LogP) is 3.36. The average Bonchev–Trinajstić information content (AvgIpc) is 2.44. The van der Waals surface area contributed by atoms with E-state index < -0.39 is 0 Å². The summed E-state index contributed by atoms with van der Waals surface area (Å²) in [4.78, 5) is 2.32. The third-order valence-electron chi connectivity index (χ3n) is 2.86. The quantitative estimate of drug-likeness (QED) is 0.651. The molecule has 0 saturated carbocycles. The molecule has 1 aromatic carbocycles. The maximum atomic E-state index is 2.32. The van der Waals surface area contributed by atoms with Crippen LogP contribution in [-0.2, 0) is 0 Å². The minimum Gasteiger partial charge on any atom is -0.374 e. The zero-order valence-corrected chi connectivity index (χ0v) is 8.69. The molecule has 74 valence electrons. The minimum absolute atomic E-state index is 0.565. The molecule has 1 atom stereocenters. The van der Waals surface area contributed by atoms with Crippen LogP contribution in [0, 0.1) is 0 Å². The van der Waals surface area contributed by atoms with E-state index in [4.69, 9.17) is 0 Å². The normalized spacial score (nSPS) is 22.1. The summed E-state index contributed by atoms with van der Waals surface area (Å²) in [7, 11) is 2.17. The summed E-state index contributed by atoms with van der Waals surface area (Å²) in [6, 6.07) is 11.3. The Kier molecular flexibility index (Phi) is 2.87. The molecule has 0 fully saturated rings. The third kappa shape index (κ3) is 1.98. The van der Waals surface area contributed by atoms with Crippen LogP contribution >= 0.6 is 0 Å². The van der Waals surface area contributed by atoms with Gasteiger partial charge in [-0.05, 0) is 31.0 Å². The Morgan fingerprint density at radius 3 is 2.79 bits per heavy atom. The molecule has 1 heteroatoms. The molecule has 0 radical (unpaired) electrons. The summed E-state index contributed by atoms with van der Waals surface area (Å²) in [6.07, 6.45) is 8.25. The molecule has 1 heterocycles. The summed E-state index contributed by atoms with van der Waals surface area (Å²) < 4.78 is 0. The number of nitrogens with zero attached hydrogens (tertiary/aromatic N) is 1. The zero-order valence-electron chi connectivity index (χ0n) is 8.69. The fourth-order valence-electron chi connectivity index (χ4n) is 2.05. The fourth-order valence-corrected chi connectivity index (χ4v) is 2.05. The van der Waals surface area contributed by atoms with Crippen molar-refractivity contribution in [3.63, 3.8) is 0 Å². The number of hydrogen-bond donors (Lipinski definition) is 0. The van der Waals surface area contributed by atoms with E-state index in [0.29, 0.717) is 6.04 Å². The first-order valence-corrected chi connectivity index (χ1v) is 5.31. The Balaban J connectivity index is 2.20. The SMILES string of the molecule is CN1C=CCCCC1c1ccccc1. The van der Waals surface area contributed by atoms with Gasteiger partial charge in [0.25, 0.3) is 0 Å². The van der Waals surface area contributed by atoms with E-state index in [1.807, 2.05) is 0 Å². The number of rotatable bonds is 1. The van der Waals surface area contributed by atoms with E-state index in [9.17, 15) is 0 Å². The van der Waals surface area contributed by atoms with Gasteiger partial charge in [0.15, 0.2) is 0 Å². The molecule has 0 bridgehead atoms. The van der Waals surface area contributed by atoms with Crippen LogP contribution in [-0.4, -0.2) is 11.9 Å². The van der Waals surface area contributed by atoms with Gasteiger partial charge in [-0.25, -0.2) is 0 Å². The topological polar surface area (TPSA) is 3.24 Å². The lowest BCUT2D eigenvalue weighted by molar-refractivity contribution is 0.322. The Morgan fingerprint density at radius 1 is 1.21 bits per heavy atom. The maximum absolute atomic E-state index is 2.32. The summed E-state index contributed by atoms with van der Waals surface area (Å²) in [5.41, 5.74) is 1.43. The van der Waals surface area contributed by atoms with Crippen LogP contribution in [0.5, 0.6) is 0 Å². The van der Waals surface area contributed by atoms with Crippen LogP contribution < -0.4 is 0 Å². The molecule has 1 nitrogen and oxygen atoms in total. The molecule has 0 aromatic heterocycles. The van der Waals surface area contributed by atoms with Gasteiger partial charge in [0, 0.05) is 7.05 Å². The van der Waals surface area contributed by atoms with Crippen molar-refractivity contribution in [3.05, 3.63) is 48.2 Å². The fraction of sp³-hybridized carbons (Fsp3) is 0.385. The summed E-state index contributed by atoms with van der Waals surface area (Å²) >= 11 is 0.